The Balaban J connectivity index is 1.47. The summed E-state index contributed by atoms with van der Waals surface area (Å²) in [7, 11) is 0. The van der Waals surface area contributed by atoms with Crippen molar-refractivity contribution in [2.45, 2.75) is 46.3 Å². The van der Waals surface area contributed by atoms with Crippen molar-refractivity contribution in [2.75, 3.05) is 17.7 Å². The summed E-state index contributed by atoms with van der Waals surface area (Å²) in [6.45, 7) is 6.28. The third-order valence-corrected chi connectivity index (χ3v) is 5.27. The molecular weight excluding hydrogens is 394 g/mol. The van der Waals surface area contributed by atoms with E-state index in [0.717, 1.165) is 24.9 Å². The van der Waals surface area contributed by atoms with Crippen LogP contribution in [0.3, 0.4) is 0 Å². The van der Waals surface area contributed by atoms with Gasteiger partial charge in [-0.1, -0.05) is 31.5 Å². The van der Waals surface area contributed by atoms with E-state index in [2.05, 4.69) is 52.3 Å². The number of nitrogens with one attached hydrogen (secondary N) is 1. The van der Waals surface area contributed by atoms with E-state index in [4.69, 9.17) is 10.5 Å². The molecule has 3 N–H and O–H groups in total. The van der Waals surface area contributed by atoms with Crippen molar-refractivity contribution >= 4 is 17.5 Å². The van der Waals surface area contributed by atoms with E-state index in [1.54, 1.807) is 17.4 Å². The van der Waals surface area contributed by atoms with Gasteiger partial charge in [-0.15, -0.1) is 0 Å². The summed E-state index contributed by atoms with van der Waals surface area (Å²) in [6.07, 6.45) is 7.45. The number of ether oxygens (including phenoxy) is 1. The molecule has 0 radical (unpaired) electrons. The van der Waals surface area contributed by atoms with Gasteiger partial charge in [0.2, 0.25) is 0 Å². The van der Waals surface area contributed by atoms with Gasteiger partial charge in [0.05, 0.1) is 25.2 Å². The number of hydrogen-bond donors (Lipinski definition) is 2. The molecule has 0 atom stereocenters. The Kier molecular flexibility index (Phi) is 6.01. The smallest absolute Gasteiger partial charge is 0.322 e. The third-order valence-electron chi connectivity index (χ3n) is 5.27. The van der Waals surface area contributed by atoms with Crippen LogP contribution in [0.2, 0.25) is 0 Å². The molecule has 4 rings (SSSR count). The lowest BCUT2D eigenvalue weighted by molar-refractivity contribution is 0.202. The fourth-order valence-corrected chi connectivity index (χ4v) is 3.52. The van der Waals surface area contributed by atoms with E-state index in [1.165, 1.54) is 11.1 Å². The van der Waals surface area contributed by atoms with Gasteiger partial charge in [0.1, 0.15) is 5.69 Å². The van der Waals surface area contributed by atoms with E-state index in [-0.39, 0.29) is 17.9 Å². The number of aromatic nitrogens is 4. The second-order valence-corrected chi connectivity index (χ2v) is 7.70. The van der Waals surface area contributed by atoms with Crippen molar-refractivity contribution in [1.82, 2.24) is 24.4 Å². The Morgan fingerprint density at radius 2 is 2.13 bits per heavy atom. The third kappa shape index (κ3) is 4.76. The molecule has 2 amide bonds. The Bertz CT molecular complexity index is 1070. The topological polar surface area (TPSA) is 111 Å². The van der Waals surface area contributed by atoms with Gasteiger partial charge in [-0.25, -0.2) is 9.78 Å². The van der Waals surface area contributed by atoms with Gasteiger partial charge in [-0.3, -0.25) is 0 Å². The van der Waals surface area contributed by atoms with E-state index >= 15 is 0 Å². The van der Waals surface area contributed by atoms with Gasteiger partial charge in [0.25, 0.3) is 0 Å². The summed E-state index contributed by atoms with van der Waals surface area (Å²) in [6, 6.07) is 6.29. The second kappa shape index (κ2) is 9.03. The van der Waals surface area contributed by atoms with Crippen molar-refractivity contribution in [3.8, 4) is 6.01 Å². The van der Waals surface area contributed by atoms with Crippen molar-refractivity contribution in [2.24, 2.45) is 0 Å². The quantitative estimate of drug-likeness (QED) is 0.540. The van der Waals surface area contributed by atoms with Crippen LogP contribution in [0.25, 0.3) is 0 Å². The molecule has 31 heavy (non-hydrogen) atoms. The summed E-state index contributed by atoms with van der Waals surface area (Å²) in [4.78, 5) is 27.1. The van der Waals surface area contributed by atoms with Gasteiger partial charge in [-0.2, -0.15) is 9.97 Å². The number of benzene rings is 1. The number of amides is 2. The van der Waals surface area contributed by atoms with Crippen molar-refractivity contribution in [3.05, 3.63) is 59.3 Å². The van der Waals surface area contributed by atoms with Crippen LogP contribution < -0.4 is 15.8 Å². The summed E-state index contributed by atoms with van der Waals surface area (Å²) in [5.41, 5.74) is 10.6. The molecule has 0 unspecified atom stereocenters. The molecule has 0 bridgehead atoms. The van der Waals surface area contributed by atoms with Crippen LogP contribution in [0, 0.1) is 6.92 Å². The number of carbonyl (C=O) groups is 1. The highest BCUT2D eigenvalue weighted by Crippen LogP contribution is 2.29. The Hall–Kier alpha value is -3.62. The molecule has 0 saturated carbocycles. The SMILES string of the molecule is CCCCOc1nc(N)c2c(n1)CN(Cc1ccc(Cn3ccnc3)c(C)c1)C(=O)N2. The summed E-state index contributed by atoms with van der Waals surface area (Å²) >= 11 is 0. The highest BCUT2D eigenvalue weighted by Gasteiger charge is 2.27. The number of rotatable bonds is 8. The number of urea groups is 1. The summed E-state index contributed by atoms with van der Waals surface area (Å²) in [5.74, 6) is 0.226. The van der Waals surface area contributed by atoms with Crippen molar-refractivity contribution < 1.29 is 9.53 Å². The maximum Gasteiger partial charge on any atom is 0.322 e. The van der Waals surface area contributed by atoms with E-state index in [0.29, 0.717) is 31.1 Å². The van der Waals surface area contributed by atoms with Crippen LogP contribution in [-0.2, 0) is 19.6 Å². The first-order valence-electron chi connectivity index (χ1n) is 10.4. The van der Waals surface area contributed by atoms with E-state index < -0.39 is 0 Å². The molecule has 1 aliphatic heterocycles. The van der Waals surface area contributed by atoms with Gasteiger partial charge in [-0.05, 0) is 30.0 Å². The lowest BCUT2D eigenvalue weighted by Gasteiger charge is -2.29. The first-order valence-corrected chi connectivity index (χ1v) is 10.4. The zero-order valence-corrected chi connectivity index (χ0v) is 17.8. The molecule has 3 aromatic rings. The molecular formula is C22H27N7O2. The zero-order valence-electron chi connectivity index (χ0n) is 17.8. The van der Waals surface area contributed by atoms with Crippen LogP contribution >= 0.6 is 0 Å². The molecule has 1 aromatic carbocycles. The number of anilines is 2. The molecule has 9 nitrogen and oxygen atoms in total. The minimum absolute atomic E-state index is 0.220. The maximum absolute atomic E-state index is 12.6. The van der Waals surface area contributed by atoms with Crippen molar-refractivity contribution in [3.63, 3.8) is 0 Å². The Labute approximate surface area is 181 Å². The molecule has 0 saturated heterocycles. The molecule has 0 spiro atoms. The number of imidazole rings is 1. The lowest BCUT2D eigenvalue weighted by atomic mass is 10.0. The lowest BCUT2D eigenvalue weighted by Crippen LogP contribution is -2.39. The number of aryl methyl sites for hydroxylation is 1. The van der Waals surface area contributed by atoms with Crippen molar-refractivity contribution in [1.29, 1.82) is 0 Å². The first kappa shape index (κ1) is 20.6. The second-order valence-electron chi connectivity index (χ2n) is 7.70. The number of unbranched alkanes of at least 4 members (excludes halogenated alkanes) is 1. The van der Waals surface area contributed by atoms with Gasteiger partial charge in [0.15, 0.2) is 5.82 Å². The highest BCUT2D eigenvalue weighted by atomic mass is 16.5. The molecule has 3 heterocycles. The minimum Gasteiger partial charge on any atom is -0.463 e. The predicted octanol–water partition coefficient (Wildman–Crippen LogP) is 3.34. The molecule has 0 aliphatic carbocycles. The average molecular weight is 422 g/mol. The molecule has 2 aromatic heterocycles. The summed E-state index contributed by atoms with van der Waals surface area (Å²) < 4.78 is 7.63. The van der Waals surface area contributed by atoms with Crippen LogP contribution in [0.1, 0.15) is 42.1 Å². The normalized spacial score (nSPS) is 13.1. The first-order chi connectivity index (χ1) is 15.0. The van der Waals surface area contributed by atoms with Crippen LogP contribution in [-0.4, -0.2) is 37.1 Å². The number of hydrogen-bond acceptors (Lipinski definition) is 6. The minimum atomic E-state index is -0.220. The molecule has 1 aliphatic rings. The monoisotopic (exact) mass is 421 g/mol. The average Bonchev–Trinajstić information content (AvgIpc) is 3.25. The number of nitrogen functional groups attached to an aromatic ring is 1. The van der Waals surface area contributed by atoms with Crippen LogP contribution in [0.5, 0.6) is 6.01 Å². The fourth-order valence-electron chi connectivity index (χ4n) is 3.52. The molecule has 162 valence electrons. The number of nitrogens with zero attached hydrogens (tertiary/aromatic N) is 5. The largest absolute Gasteiger partial charge is 0.463 e. The van der Waals surface area contributed by atoms with E-state index in [1.807, 2.05) is 10.8 Å². The van der Waals surface area contributed by atoms with Crippen LogP contribution in [0.15, 0.2) is 36.9 Å². The predicted molar refractivity (Wildman–Crippen MR) is 118 cm³/mol. The standard InChI is InChI=1S/C22H27N7O2/c1-3-4-9-31-21-25-18-13-29(22(30)26-19(18)20(23)27-21)11-16-5-6-17(15(2)10-16)12-28-8-7-24-14-28/h5-8,10,14H,3-4,9,11-13H2,1-2H3,(H,26,30)(H2,23,25,27). The maximum atomic E-state index is 12.6. The Morgan fingerprint density at radius 3 is 2.87 bits per heavy atom. The highest BCUT2D eigenvalue weighted by molar-refractivity contribution is 5.94. The number of fused-ring (bicyclic) bond motifs is 1. The van der Waals surface area contributed by atoms with Gasteiger partial charge in [0, 0.05) is 25.5 Å². The zero-order chi connectivity index (χ0) is 21.8. The van der Waals surface area contributed by atoms with Gasteiger partial charge < -0.3 is 25.3 Å². The van der Waals surface area contributed by atoms with Gasteiger partial charge >= 0.3 is 12.0 Å². The number of carbonyl (C=O) groups excluding carboxylic acids is 1. The Morgan fingerprint density at radius 1 is 1.26 bits per heavy atom. The summed E-state index contributed by atoms with van der Waals surface area (Å²) in [5, 5.41) is 2.82. The molecule has 9 heteroatoms. The number of nitrogens with two attached hydrogens (primary N) is 1. The fraction of sp³-hybridized carbons (Fsp3) is 0.364. The molecule has 0 fully saturated rings. The van der Waals surface area contributed by atoms with E-state index in [9.17, 15) is 4.79 Å². The van der Waals surface area contributed by atoms with Crippen LogP contribution in [0.4, 0.5) is 16.3 Å².